The van der Waals surface area contributed by atoms with E-state index < -0.39 is 23.8 Å². The normalized spacial score (nSPS) is 19.7. The molecule has 116 valence electrons. The number of carbonyl (C=O) groups is 1. The van der Waals surface area contributed by atoms with Gasteiger partial charge in [0, 0.05) is 6.54 Å². The third kappa shape index (κ3) is 4.10. The van der Waals surface area contributed by atoms with Crippen LogP contribution in [-0.2, 0) is 11.0 Å². The van der Waals surface area contributed by atoms with Gasteiger partial charge in [-0.3, -0.25) is 9.69 Å². The molecule has 4 nitrogen and oxygen atoms in total. The summed E-state index contributed by atoms with van der Waals surface area (Å²) >= 11 is 0. The van der Waals surface area contributed by atoms with Crippen LogP contribution in [0, 0.1) is 0 Å². The molecule has 2 rings (SSSR count). The molecule has 1 aliphatic rings. The van der Waals surface area contributed by atoms with E-state index in [0.717, 1.165) is 18.6 Å². The van der Waals surface area contributed by atoms with Gasteiger partial charge < -0.3 is 9.84 Å². The number of hydrogen-bond donors (Lipinski definition) is 1. The maximum Gasteiger partial charge on any atom is 0.416 e. The van der Waals surface area contributed by atoms with Crippen molar-refractivity contribution in [1.82, 2.24) is 4.90 Å². The molecule has 1 heterocycles. The second-order valence-corrected chi connectivity index (χ2v) is 4.90. The first-order chi connectivity index (χ1) is 9.88. The molecule has 0 radical (unpaired) electrons. The topological polar surface area (TPSA) is 49.8 Å². The molecule has 1 aromatic rings. The van der Waals surface area contributed by atoms with Crippen molar-refractivity contribution < 1.29 is 27.8 Å². The number of alkyl halides is 3. The summed E-state index contributed by atoms with van der Waals surface area (Å²) in [6, 6.07) is 3.97. The molecule has 1 aromatic carbocycles. The molecule has 1 aliphatic heterocycles. The van der Waals surface area contributed by atoms with Crippen LogP contribution in [0.2, 0.25) is 0 Å². The Hall–Kier alpha value is -1.76. The van der Waals surface area contributed by atoms with Crippen LogP contribution < -0.4 is 4.74 Å². The molecule has 1 N–H and O–H groups in total. The summed E-state index contributed by atoms with van der Waals surface area (Å²) in [7, 11) is 0. The van der Waals surface area contributed by atoms with Crippen molar-refractivity contribution >= 4 is 5.97 Å². The Bertz CT molecular complexity index is 487. The van der Waals surface area contributed by atoms with Gasteiger partial charge in [-0.05, 0) is 43.7 Å². The van der Waals surface area contributed by atoms with Gasteiger partial charge in [-0.2, -0.15) is 13.2 Å². The van der Waals surface area contributed by atoms with Crippen LogP contribution in [0.4, 0.5) is 13.2 Å². The Labute approximate surface area is 120 Å². The zero-order valence-electron chi connectivity index (χ0n) is 11.3. The molecular formula is C14H16F3NO3. The highest BCUT2D eigenvalue weighted by Crippen LogP contribution is 2.30. The number of carboxylic acid groups (broad SMARTS) is 1. The van der Waals surface area contributed by atoms with Crippen LogP contribution in [0.1, 0.15) is 18.4 Å². The highest BCUT2D eigenvalue weighted by atomic mass is 19.4. The predicted molar refractivity (Wildman–Crippen MR) is 69.2 cm³/mol. The number of nitrogens with zero attached hydrogens (tertiary/aromatic N) is 1. The lowest BCUT2D eigenvalue weighted by molar-refractivity contribution is -0.142. The van der Waals surface area contributed by atoms with E-state index in [1.165, 1.54) is 12.1 Å². The van der Waals surface area contributed by atoms with Crippen molar-refractivity contribution in [3.63, 3.8) is 0 Å². The quantitative estimate of drug-likeness (QED) is 0.908. The molecule has 7 heteroatoms. The van der Waals surface area contributed by atoms with Gasteiger partial charge in [0.25, 0.3) is 0 Å². The van der Waals surface area contributed by atoms with E-state index in [2.05, 4.69) is 0 Å². The van der Waals surface area contributed by atoms with Gasteiger partial charge >= 0.3 is 12.1 Å². The molecular weight excluding hydrogens is 287 g/mol. The van der Waals surface area contributed by atoms with Crippen molar-refractivity contribution in [3.05, 3.63) is 29.8 Å². The smallest absolute Gasteiger partial charge is 0.416 e. The number of carboxylic acids is 1. The van der Waals surface area contributed by atoms with Gasteiger partial charge in [0.1, 0.15) is 18.4 Å². The molecule has 1 saturated heterocycles. The standard InChI is InChI=1S/C14H16F3NO3/c15-14(16,17)10-3-5-11(6-4-10)21-9-8-18-7-1-2-12(18)13(19)20/h3-6,12H,1-2,7-9H2,(H,19,20). The predicted octanol–water partition coefficient (Wildman–Crippen LogP) is 2.63. The summed E-state index contributed by atoms with van der Waals surface area (Å²) in [5, 5.41) is 9.02. The van der Waals surface area contributed by atoms with Crippen LogP contribution in [0.5, 0.6) is 5.75 Å². The number of rotatable bonds is 5. The summed E-state index contributed by atoms with van der Waals surface area (Å²) in [6.45, 7) is 1.39. The van der Waals surface area contributed by atoms with Crippen LogP contribution in [0.3, 0.4) is 0 Å². The summed E-state index contributed by atoms with van der Waals surface area (Å²) in [6.07, 6.45) is -2.91. The molecule has 1 atom stereocenters. The zero-order valence-corrected chi connectivity index (χ0v) is 11.3. The summed E-state index contributed by atoms with van der Waals surface area (Å²) in [5.41, 5.74) is -0.722. The first-order valence-electron chi connectivity index (χ1n) is 6.65. The Morgan fingerprint density at radius 3 is 2.57 bits per heavy atom. The lowest BCUT2D eigenvalue weighted by Gasteiger charge is -2.20. The van der Waals surface area contributed by atoms with Crippen LogP contribution >= 0.6 is 0 Å². The third-order valence-electron chi connectivity index (χ3n) is 3.48. The van der Waals surface area contributed by atoms with Crippen molar-refractivity contribution in [2.24, 2.45) is 0 Å². The fraction of sp³-hybridized carbons (Fsp3) is 0.500. The highest BCUT2D eigenvalue weighted by Gasteiger charge is 2.31. The second-order valence-electron chi connectivity index (χ2n) is 4.90. The van der Waals surface area contributed by atoms with E-state index in [0.29, 0.717) is 25.3 Å². The van der Waals surface area contributed by atoms with E-state index in [1.54, 1.807) is 0 Å². The van der Waals surface area contributed by atoms with Crippen molar-refractivity contribution in [1.29, 1.82) is 0 Å². The number of aliphatic carboxylic acids is 1. The van der Waals surface area contributed by atoms with Gasteiger partial charge in [-0.15, -0.1) is 0 Å². The Balaban J connectivity index is 1.82. The molecule has 0 amide bonds. The zero-order chi connectivity index (χ0) is 15.5. The fourth-order valence-electron chi connectivity index (χ4n) is 2.39. The lowest BCUT2D eigenvalue weighted by Crippen LogP contribution is -2.38. The van der Waals surface area contributed by atoms with Gasteiger partial charge in [0.15, 0.2) is 0 Å². The average molecular weight is 303 g/mol. The SMILES string of the molecule is O=C(O)C1CCCN1CCOc1ccc(C(F)(F)F)cc1. The number of halogens is 3. The maximum atomic E-state index is 12.4. The van der Waals surface area contributed by atoms with Gasteiger partial charge in [-0.1, -0.05) is 0 Å². The number of hydrogen-bond acceptors (Lipinski definition) is 3. The van der Waals surface area contributed by atoms with Crippen LogP contribution in [0.25, 0.3) is 0 Å². The van der Waals surface area contributed by atoms with E-state index in [-0.39, 0.29) is 6.61 Å². The molecule has 0 bridgehead atoms. The lowest BCUT2D eigenvalue weighted by atomic mass is 10.2. The number of ether oxygens (including phenoxy) is 1. The fourth-order valence-corrected chi connectivity index (χ4v) is 2.39. The van der Waals surface area contributed by atoms with Crippen LogP contribution in [0.15, 0.2) is 24.3 Å². The summed E-state index contributed by atoms with van der Waals surface area (Å²) < 4.78 is 42.5. The summed E-state index contributed by atoms with van der Waals surface area (Å²) in [5.74, 6) is -0.504. The van der Waals surface area contributed by atoms with Gasteiger partial charge in [0.05, 0.1) is 5.56 Å². The minimum Gasteiger partial charge on any atom is -0.492 e. The monoisotopic (exact) mass is 303 g/mol. The van der Waals surface area contributed by atoms with E-state index >= 15 is 0 Å². The summed E-state index contributed by atoms with van der Waals surface area (Å²) in [4.78, 5) is 12.8. The second kappa shape index (κ2) is 6.34. The largest absolute Gasteiger partial charge is 0.492 e. The van der Waals surface area contributed by atoms with E-state index in [9.17, 15) is 18.0 Å². The van der Waals surface area contributed by atoms with Crippen molar-refractivity contribution in [2.45, 2.75) is 25.1 Å². The maximum absolute atomic E-state index is 12.4. The van der Waals surface area contributed by atoms with Crippen molar-refractivity contribution in [3.8, 4) is 5.75 Å². The molecule has 0 aliphatic carbocycles. The average Bonchev–Trinajstić information content (AvgIpc) is 2.87. The van der Waals surface area contributed by atoms with Crippen LogP contribution in [-0.4, -0.2) is 41.7 Å². The number of benzene rings is 1. The molecule has 0 saturated carbocycles. The first kappa shape index (κ1) is 15.6. The molecule has 0 spiro atoms. The van der Waals surface area contributed by atoms with Crippen molar-refractivity contribution in [2.75, 3.05) is 19.7 Å². The minimum atomic E-state index is -4.36. The Kier molecular flexibility index (Phi) is 4.72. The molecule has 21 heavy (non-hydrogen) atoms. The third-order valence-corrected chi connectivity index (χ3v) is 3.48. The Morgan fingerprint density at radius 2 is 2.00 bits per heavy atom. The Morgan fingerprint density at radius 1 is 1.33 bits per heavy atom. The number of likely N-dealkylation sites (tertiary alicyclic amines) is 1. The van der Waals surface area contributed by atoms with E-state index in [4.69, 9.17) is 9.84 Å². The first-order valence-corrected chi connectivity index (χ1v) is 6.65. The van der Waals surface area contributed by atoms with E-state index in [1.807, 2.05) is 4.90 Å². The van der Waals surface area contributed by atoms with Gasteiger partial charge in [0.2, 0.25) is 0 Å². The molecule has 1 fully saturated rings. The van der Waals surface area contributed by atoms with Gasteiger partial charge in [-0.25, -0.2) is 0 Å². The molecule has 1 unspecified atom stereocenters. The highest BCUT2D eigenvalue weighted by molar-refractivity contribution is 5.73. The molecule has 0 aromatic heterocycles. The minimum absolute atomic E-state index is 0.245.